The Kier molecular flexibility index (Phi) is 3.79. The van der Waals surface area contributed by atoms with Gasteiger partial charge in [0.15, 0.2) is 0 Å². The van der Waals surface area contributed by atoms with E-state index in [0.29, 0.717) is 12.3 Å². The number of aromatic nitrogens is 1. The summed E-state index contributed by atoms with van der Waals surface area (Å²) in [6.45, 7) is 2.01. The van der Waals surface area contributed by atoms with E-state index >= 15 is 0 Å². The first kappa shape index (κ1) is 11.2. The molecule has 0 aliphatic carbocycles. The van der Waals surface area contributed by atoms with Crippen LogP contribution in [0.2, 0.25) is 0 Å². The Morgan fingerprint density at radius 3 is 3.07 bits per heavy atom. The average molecular weight is 210 g/mol. The van der Waals surface area contributed by atoms with E-state index in [9.17, 15) is 9.18 Å². The van der Waals surface area contributed by atoms with Gasteiger partial charge >= 0.3 is 5.97 Å². The molecular weight excluding hydrogens is 199 g/mol. The van der Waals surface area contributed by atoms with Crippen molar-refractivity contribution in [2.24, 2.45) is 0 Å². The predicted molar refractivity (Wildman–Crippen MR) is 54.3 cm³/mol. The molecule has 1 aromatic rings. The minimum absolute atomic E-state index is 0.176. The fraction of sp³-hybridized carbons (Fsp3) is 0.200. The quantitative estimate of drug-likeness (QED) is 0.604. The number of halogens is 1. The lowest BCUT2D eigenvalue weighted by atomic mass is 10.3. The summed E-state index contributed by atoms with van der Waals surface area (Å²) in [5.41, 5.74) is 5.99. The number of hydrogen-bond acceptors (Lipinski definition) is 4. The van der Waals surface area contributed by atoms with E-state index < -0.39 is 11.8 Å². The zero-order valence-electron chi connectivity index (χ0n) is 8.24. The first-order chi connectivity index (χ1) is 7.13. The molecule has 0 saturated carbocycles. The van der Waals surface area contributed by atoms with Gasteiger partial charge in [0.2, 0.25) is 0 Å². The van der Waals surface area contributed by atoms with Crippen molar-refractivity contribution >= 4 is 17.7 Å². The van der Waals surface area contributed by atoms with Crippen molar-refractivity contribution in [1.82, 2.24) is 4.98 Å². The number of anilines is 1. The van der Waals surface area contributed by atoms with E-state index in [1.54, 1.807) is 6.92 Å². The standard InChI is InChI=1S/C10H11FN2O2/c1-2-15-10(14)4-3-9-8(12)5-7(11)6-13-9/h3-6H,2,12H2,1H3. The molecule has 0 spiro atoms. The van der Waals surface area contributed by atoms with Gasteiger partial charge in [0.25, 0.3) is 0 Å². The number of pyridine rings is 1. The fourth-order valence-corrected chi connectivity index (χ4v) is 0.942. The lowest BCUT2D eigenvalue weighted by Gasteiger charge is -1.98. The van der Waals surface area contributed by atoms with E-state index in [1.807, 2.05) is 0 Å². The molecule has 0 saturated heterocycles. The number of nitrogen functional groups attached to an aromatic ring is 1. The van der Waals surface area contributed by atoms with Gasteiger partial charge in [0, 0.05) is 12.1 Å². The minimum Gasteiger partial charge on any atom is -0.463 e. The van der Waals surface area contributed by atoms with Crippen LogP contribution in [-0.4, -0.2) is 17.6 Å². The largest absolute Gasteiger partial charge is 0.463 e. The maximum absolute atomic E-state index is 12.6. The Bertz CT molecular complexity index is 391. The van der Waals surface area contributed by atoms with E-state index in [2.05, 4.69) is 9.72 Å². The molecule has 4 nitrogen and oxygen atoms in total. The molecule has 0 fully saturated rings. The molecule has 0 amide bonds. The molecule has 5 heteroatoms. The number of ether oxygens (including phenoxy) is 1. The van der Waals surface area contributed by atoms with Crippen molar-refractivity contribution in [3.8, 4) is 0 Å². The second kappa shape index (κ2) is 5.09. The van der Waals surface area contributed by atoms with Crippen LogP contribution in [0.4, 0.5) is 10.1 Å². The van der Waals surface area contributed by atoms with Crippen LogP contribution >= 0.6 is 0 Å². The van der Waals surface area contributed by atoms with Crippen LogP contribution in [0, 0.1) is 5.82 Å². The first-order valence-corrected chi connectivity index (χ1v) is 4.39. The first-order valence-electron chi connectivity index (χ1n) is 4.39. The summed E-state index contributed by atoms with van der Waals surface area (Å²) in [5.74, 6) is -0.996. The summed E-state index contributed by atoms with van der Waals surface area (Å²) >= 11 is 0. The highest BCUT2D eigenvalue weighted by atomic mass is 19.1. The van der Waals surface area contributed by atoms with Crippen molar-refractivity contribution in [1.29, 1.82) is 0 Å². The molecule has 1 rings (SSSR count). The molecule has 0 radical (unpaired) electrons. The van der Waals surface area contributed by atoms with Crippen LogP contribution in [0.5, 0.6) is 0 Å². The van der Waals surface area contributed by atoms with E-state index in [-0.39, 0.29) is 5.69 Å². The maximum Gasteiger partial charge on any atom is 0.330 e. The molecule has 15 heavy (non-hydrogen) atoms. The maximum atomic E-state index is 12.6. The second-order valence-electron chi connectivity index (χ2n) is 2.71. The van der Waals surface area contributed by atoms with Gasteiger partial charge in [0.05, 0.1) is 24.2 Å². The Hall–Kier alpha value is -1.91. The van der Waals surface area contributed by atoms with Gasteiger partial charge in [-0.1, -0.05) is 0 Å². The summed E-state index contributed by atoms with van der Waals surface area (Å²) in [6.07, 6.45) is 3.61. The van der Waals surface area contributed by atoms with Gasteiger partial charge < -0.3 is 10.5 Å². The van der Waals surface area contributed by atoms with Crippen molar-refractivity contribution in [2.75, 3.05) is 12.3 Å². The third-order valence-corrected chi connectivity index (χ3v) is 1.58. The van der Waals surface area contributed by atoms with Crippen LogP contribution in [0.1, 0.15) is 12.6 Å². The monoisotopic (exact) mass is 210 g/mol. The highest BCUT2D eigenvalue weighted by Crippen LogP contribution is 2.11. The third kappa shape index (κ3) is 3.38. The SMILES string of the molecule is CCOC(=O)C=Cc1ncc(F)cc1N. The van der Waals surface area contributed by atoms with Gasteiger partial charge in [-0.2, -0.15) is 0 Å². The zero-order chi connectivity index (χ0) is 11.3. The van der Waals surface area contributed by atoms with Gasteiger partial charge in [0.1, 0.15) is 5.82 Å². The number of rotatable bonds is 3. The molecule has 0 bridgehead atoms. The lowest BCUT2D eigenvalue weighted by molar-refractivity contribution is -0.137. The molecular formula is C10H11FN2O2. The van der Waals surface area contributed by atoms with Crippen LogP contribution in [0.15, 0.2) is 18.3 Å². The Balaban J connectivity index is 2.76. The molecule has 1 heterocycles. The van der Waals surface area contributed by atoms with Gasteiger partial charge in [-0.25, -0.2) is 9.18 Å². The Morgan fingerprint density at radius 1 is 1.73 bits per heavy atom. The normalized spacial score (nSPS) is 10.5. The number of carbonyl (C=O) groups is 1. The molecule has 1 aromatic heterocycles. The third-order valence-electron chi connectivity index (χ3n) is 1.58. The second-order valence-corrected chi connectivity index (χ2v) is 2.71. The molecule has 0 aliphatic heterocycles. The highest BCUT2D eigenvalue weighted by molar-refractivity contribution is 5.87. The summed E-state index contributed by atoms with van der Waals surface area (Å²) < 4.78 is 17.3. The van der Waals surface area contributed by atoms with Crippen molar-refractivity contribution in [3.05, 3.63) is 29.9 Å². The molecule has 0 aliphatic rings. The Morgan fingerprint density at radius 2 is 2.47 bits per heavy atom. The van der Waals surface area contributed by atoms with E-state index in [1.165, 1.54) is 12.2 Å². The van der Waals surface area contributed by atoms with Gasteiger partial charge in [-0.15, -0.1) is 0 Å². The van der Waals surface area contributed by atoms with Crippen LogP contribution in [-0.2, 0) is 9.53 Å². The van der Waals surface area contributed by atoms with Crippen LogP contribution in [0.3, 0.4) is 0 Å². The van der Waals surface area contributed by atoms with Crippen molar-refractivity contribution < 1.29 is 13.9 Å². The lowest BCUT2D eigenvalue weighted by Crippen LogP contribution is -2.00. The smallest absolute Gasteiger partial charge is 0.330 e. The van der Waals surface area contributed by atoms with Gasteiger partial charge in [-0.05, 0) is 13.0 Å². The number of esters is 1. The van der Waals surface area contributed by atoms with E-state index in [4.69, 9.17) is 5.73 Å². The molecule has 0 unspecified atom stereocenters. The Labute approximate surface area is 86.6 Å². The number of nitrogens with two attached hydrogens (primary N) is 1. The molecule has 0 aromatic carbocycles. The number of nitrogens with zero attached hydrogens (tertiary/aromatic N) is 1. The molecule has 80 valence electrons. The topological polar surface area (TPSA) is 65.2 Å². The summed E-state index contributed by atoms with van der Waals surface area (Å²) in [4.78, 5) is 14.7. The molecule has 0 atom stereocenters. The summed E-state index contributed by atoms with van der Waals surface area (Å²) in [5, 5.41) is 0. The summed E-state index contributed by atoms with van der Waals surface area (Å²) in [6, 6.07) is 1.14. The average Bonchev–Trinajstić information content (AvgIpc) is 2.17. The summed E-state index contributed by atoms with van der Waals surface area (Å²) in [7, 11) is 0. The van der Waals surface area contributed by atoms with Crippen LogP contribution < -0.4 is 5.73 Å². The number of hydrogen-bond donors (Lipinski definition) is 1. The van der Waals surface area contributed by atoms with Crippen molar-refractivity contribution in [3.63, 3.8) is 0 Å². The molecule has 2 N–H and O–H groups in total. The predicted octanol–water partition coefficient (Wildman–Crippen LogP) is 1.38. The van der Waals surface area contributed by atoms with E-state index in [0.717, 1.165) is 12.3 Å². The fourth-order valence-electron chi connectivity index (χ4n) is 0.942. The highest BCUT2D eigenvalue weighted by Gasteiger charge is 2.00. The zero-order valence-corrected chi connectivity index (χ0v) is 8.24. The van der Waals surface area contributed by atoms with Crippen LogP contribution in [0.25, 0.3) is 6.08 Å². The number of carbonyl (C=O) groups excluding carboxylic acids is 1. The minimum atomic E-state index is -0.513. The van der Waals surface area contributed by atoms with Gasteiger partial charge in [-0.3, -0.25) is 4.98 Å². The van der Waals surface area contributed by atoms with Crippen molar-refractivity contribution in [2.45, 2.75) is 6.92 Å².